The summed E-state index contributed by atoms with van der Waals surface area (Å²) in [4.78, 5) is 2.36. The third-order valence-electron chi connectivity index (χ3n) is 3.89. The molecule has 3 rings (SSSR count). The SMILES string of the molecule is Cc1noc(C)c1CNc1ccccc1N1CCOCC1. The molecule has 5 nitrogen and oxygen atoms in total. The molecule has 0 aliphatic carbocycles. The van der Waals surface area contributed by atoms with Gasteiger partial charge in [-0.25, -0.2) is 0 Å². The number of morpholine rings is 1. The summed E-state index contributed by atoms with van der Waals surface area (Å²) < 4.78 is 10.6. The van der Waals surface area contributed by atoms with Crippen LogP contribution in [0.3, 0.4) is 0 Å². The number of nitrogens with one attached hydrogen (secondary N) is 1. The number of rotatable bonds is 4. The normalized spacial score (nSPS) is 15.2. The molecule has 0 atom stereocenters. The molecule has 1 aliphatic heterocycles. The first-order valence-electron chi connectivity index (χ1n) is 7.33. The minimum absolute atomic E-state index is 0.725. The highest BCUT2D eigenvalue weighted by molar-refractivity contribution is 5.70. The van der Waals surface area contributed by atoms with Gasteiger partial charge in [0.05, 0.1) is 30.3 Å². The molecule has 0 unspecified atom stereocenters. The fourth-order valence-electron chi connectivity index (χ4n) is 2.64. The molecule has 2 aromatic rings. The average Bonchev–Trinajstić information content (AvgIpc) is 2.85. The molecule has 0 bridgehead atoms. The second-order valence-corrected chi connectivity index (χ2v) is 5.27. The van der Waals surface area contributed by atoms with Crippen LogP contribution in [0, 0.1) is 13.8 Å². The lowest BCUT2D eigenvalue weighted by atomic mass is 10.2. The Bertz CT molecular complexity index is 584. The van der Waals surface area contributed by atoms with Crippen LogP contribution in [0.5, 0.6) is 0 Å². The number of nitrogens with zero attached hydrogens (tertiary/aromatic N) is 2. The van der Waals surface area contributed by atoms with E-state index in [1.807, 2.05) is 13.8 Å². The standard InChI is InChI=1S/C16H21N3O2/c1-12-14(13(2)21-18-12)11-17-15-5-3-4-6-16(15)19-7-9-20-10-8-19/h3-6,17H,7-11H2,1-2H3. The number of anilines is 2. The molecule has 1 aromatic heterocycles. The van der Waals surface area contributed by atoms with Gasteiger partial charge in [0.1, 0.15) is 5.76 Å². The molecular weight excluding hydrogens is 266 g/mol. The van der Waals surface area contributed by atoms with Crippen molar-refractivity contribution in [3.63, 3.8) is 0 Å². The Morgan fingerprint density at radius 3 is 2.67 bits per heavy atom. The molecule has 0 radical (unpaired) electrons. The Morgan fingerprint density at radius 1 is 1.19 bits per heavy atom. The van der Waals surface area contributed by atoms with Crippen molar-refractivity contribution in [2.24, 2.45) is 0 Å². The Labute approximate surface area is 124 Å². The van der Waals surface area contributed by atoms with Gasteiger partial charge in [0.2, 0.25) is 0 Å². The van der Waals surface area contributed by atoms with Gasteiger partial charge < -0.3 is 19.5 Å². The van der Waals surface area contributed by atoms with E-state index in [4.69, 9.17) is 9.26 Å². The highest BCUT2D eigenvalue weighted by Gasteiger charge is 2.15. The molecule has 21 heavy (non-hydrogen) atoms. The fourth-order valence-corrected chi connectivity index (χ4v) is 2.64. The summed E-state index contributed by atoms with van der Waals surface area (Å²) in [5.74, 6) is 0.879. The summed E-state index contributed by atoms with van der Waals surface area (Å²) in [7, 11) is 0. The lowest BCUT2D eigenvalue weighted by molar-refractivity contribution is 0.123. The van der Waals surface area contributed by atoms with E-state index in [0.29, 0.717) is 0 Å². The maximum Gasteiger partial charge on any atom is 0.138 e. The quantitative estimate of drug-likeness (QED) is 0.937. The van der Waals surface area contributed by atoms with Crippen LogP contribution in [0.1, 0.15) is 17.0 Å². The highest BCUT2D eigenvalue weighted by Crippen LogP contribution is 2.27. The zero-order valence-electron chi connectivity index (χ0n) is 12.6. The smallest absolute Gasteiger partial charge is 0.138 e. The second-order valence-electron chi connectivity index (χ2n) is 5.27. The predicted octanol–water partition coefficient (Wildman–Crippen LogP) is 2.74. The van der Waals surface area contributed by atoms with E-state index in [2.05, 4.69) is 39.6 Å². The van der Waals surface area contributed by atoms with Gasteiger partial charge in [0.25, 0.3) is 0 Å². The number of aromatic nitrogens is 1. The van der Waals surface area contributed by atoms with Crippen molar-refractivity contribution < 1.29 is 9.26 Å². The van der Waals surface area contributed by atoms with Crippen molar-refractivity contribution in [3.8, 4) is 0 Å². The first-order chi connectivity index (χ1) is 10.3. The van der Waals surface area contributed by atoms with Gasteiger partial charge in [-0.05, 0) is 26.0 Å². The maximum atomic E-state index is 5.43. The molecule has 0 spiro atoms. The number of hydrogen-bond donors (Lipinski definition) is 1. The molecule has 1 N–H and O–H groups in total. The van der Waals surface area contributed by atoms with Crippen LogP contribution in [0.4, 0.5) is 11.4 Å². The van der Waals surface area contributed by atoms with Gasteiger partial charge in [-0.1, -0.05) is 17.3 Å². The van der Waals surface area contributed by atoms with Crippen LogP contribution >= 0.6 is 0 Å². The molecule has 2 heterocycles. The second kappa shape index (κ2) is 6.18. The van der Waals surface area contributed by atoms with Crippen molar-refractivity contribution in [3.05, 3.63) is 41.3 Å². The lowest BCUT2D eigenvalue weighted by Gasteiger charge is -2.30. The third-order valence-corrected chi connectivity index (χ3v) is 3.89. The van der Waals surface area contributed by atoms with E-state index < -0.39 is 0 Å². The summed E-state index contributed by atoms with van der Waals surface area (Å²) >= 11 is 0. The van der Waals surface area contributed by atoms with Crippen LogP contribution in [0.2, 0.25) is 0 Å². The minimum Gasteiger partial charge on any atom is -0.379 e. The Hall–Kier alpha value is -2.01. The molecule has 0 saturated carbocycles. The van der Waals surface area contributed by atoms with Crippen molar-refractivity contribution in [1.29, 1.82) is 0 Å². The first kappa shape index (κ1) is 13.9. The van der Waals surface area contributed by atoms with Crippen LogP contribution in [0.25, 0.3) is 0 Å². The fraction of sp³-hybridized carbons (Fsp3) is 0.438. The molecule has 1 aliphatic rings. The van der Waals surface area contributed by atoms with Gasteiger partial charge in [-0.2, -0.15) is 0 Å². The highest BCUT2D eigenvalue weighted by atomic mass is 16.5. The molecular formula is C16H21N3O2. The van der Waals surface area contributed by atoms with Gasteiger partial charge in [-0.15, -0.1) is 0 Å². The Morgan fingerprint density at radius 2 is 1.95 bits per heavy atom. The molecule has 112 valence electrons. The monoisotopic (exact) mass is 287 g/mol. The average molecular weight is 287 g/mol. The van der Waals surface area contributed by atoms with Crippen LogP contribution in [-0.2, 0) is 11.3 Å². The van der Waals surface area contributed by atoms with E-state index >= 15 is 0 Å². The number of ether oxygens (including phenoxy) is 1. The molecule has 1 fully saturated rings. The summed E-state index contributed by atoms with van der Waals surface area (Å²) in [6.45, 7) is 8.10. The molecule has 5 heteroatoms. The van der Waals surface area contributed by atoms with E-state index in [9.17, 15) is 0 Å². The predicted molar refractivity (Wildman–Crippen MR) is 82.8 cm³/mol. The first-order valence-corrected chi connectivity index (χ1v) is 7.33. The van der Waals surface area contributed by atoms with Crippen LogP contribution < -0.4 is 10.2 Å². The number of hydrogen-bond acceptors (Lipinski definition) is 5. The van der Waals surface area contributed by atoms with Gasteiger partial charge in [0, 0.05) is 25.2 Å². The van der Waals surface area contributed by atoms with Gasteiger partial charge >= 0.3 is 0 Å². The van der Waals surface area contributed by atoms with Crippen molar-refractivity contribution in [1.82, 2.24) is 5.16 Å². The zero-order valence-corrected chi connectivity index (χ0v) is 12.6. The van der Waals surface area contributed by atoms with Crippen LogP contribution in [-0.4, -0.2) is 31.5 Å². The van der Waals surface area contributed by atoms with Crippen molar-refractivity contribution >= 4 is 11.4 Å². The molecule has 1 saturated heterocycles. The lowest BCUT2D eigenvalue weighted by Crippen LogP contribution is -2.36. The van der Waals surface area contributed by atoms with Gasteiger partial charge in [-0.3, -0.25) is 0 Å². The third kappa shape index (κ3) is 3.03. The van der Waals surface area contributed by atoms with Crippen molar-refractivity contribution in [2.75, 3.05) is 36.5 Å². The summed E-state index contributed by atoms with van der Waals surface area (Å²) in [5, 5.41) is 7.51. The minimum atomic E-state index is 0.725. The summed E-state index contributed by atoms with van der Waals surface area (Å²) in [6.07, 6.45) is 0. The van der Waals surface area contributed by atoms with E-state index in [0.717, 1.165) is 55.6 Å². The maximum absolute atomic E-state index is 5.43. The number of benzene rings is 1. The Kier molecular flexibility index (Phi) is 4.10. The van der Waals surface area contributed by atoms with Crippen molar-refractivity contribution in [2.45, 2.75) is 20.4 Å². The van der Waals surface area contributed by atoms with E-state index in [1.165, 1.54) is 5.69 Å². The number of aryl methyl sites for hydroxylation is 2. The Balaban J connectivity index is 1.76. The number of para-hydroxylation sites is 2. The van der Waals surface area contributed by atoms with E-state index in [1.54, 1.807) is 0 Å². The molecule has 0 amide bonds. The topological polar surface area (TPSA) is 50.5 Å². The zero-order chi connectivity index (χ0) is 14.7. The van der Waals surface area contributed by atoms with Crippen LogP contribution in [0.15, 0.2) is 28.8 Å². The van der Waals surface area contributed by atoms with Gasteiger partial charge in [0.15, 0.2) is 0 Å². The van der Waals surface area contributed by atoms with E-state index in [-0.39, 0.29) is 0 Å². The largest absolute Gasteiger partial charge is 0.379 e. The summed E-state index contributed by atoms with van der Waals surface area (Å²) in [6, 6.07) is 8.40. The summed E-state index contributed by atoms with van der Waals surface area (Å²) in [5.41, 5.74) is 4.45. The molecule has 1 aromatic carbocycles.